The van der Waals surface area contributed by atoms with Gasteiger partial charge in [0.15, 0.2) is 0 Å². The normalized spacial score (nSPS) is 27.7. The Labute approximate surface area is 116 Å². The predicted octanol–water partition coefficient (Wildman–Crippen LogP) is 4.53. The first-order valence-electron chi connectivity index (χ1n) is 7.13. The van der Waals surface area contributed by atoms with Crippen molar-refractivity contribution in [3.05, 3.63) is 34.3 Å². The Hall–Kier alpha value is -0.530. The van der Waals surface area contributed by atoms with Gasteiger partial charge in [-0.05, 0) is 61.8 Å². The summed E-state index contributed by atoms with van der Waals surface area (Å²) < 4.78 is 0. The maximum absolute atomic E-state index is 6.24. The number of aryl methyl sites for hydroxylation is 1. The van der Waals surface area contributed by atoms with Gasteiger partial charge in [-0.25, -0.2) is 0 Å². The first-order chi connectivity index (χ1) is 8.63. The van der Waals surface area contributed by atoms with Crippen molar-refractivity contribution >= 4 is 11.6 Å². The molecule has 0 amide bonds. The molecule has 3 unspecified atom stereocenters. The summed E-state index contributed by atoms with van der Waals surface area (Å²) >= 11 is 6.24. The lowest BCUT2D eigenvalue weighted by atomic mass is 9.88. The Bertz CT molecular complexity index is 402. The van der Waals surface area contributed by atoms with E-state index in [2.05, 4.69) is 44.3 Å². The van der Waals surface area contributed by atoms with Crippen molar-refractivity contribution in [3.8, 4) is 0 Å². The molecule has 0 heterocycles. The number of hydrogen-bond donors (Lipinski definition) is 1. The molecule has 18 heavy (non-hydrogen) atoms. The minimum atomic E-state index is 0.664. The molecular formula is C16H24ClN. The molecule has 0 saturated heterocycles. The molecule has 1 aliphatic carbocycles. The summed E-state index contributed by atoms with van der Waals surface area (Å²) in [5, 5.41) is 4.58. The van der Waals surface area contributed by atoms with E-state index < -0.39 is 0 Å². The van der Waals surface area contributed by atoms with Crippen molar-refractivity contribution in [2.24, 2.45) is 5.92 Å². The van der Waals surface area contributed by atoms with Crippen molar-refractivity contribution in [2.75, 3.05) is 6.54 Å². The van der Waals surface area contributed by atoms with Gasteiger partial charge < -0.3 is 5.32 Å². The summed E-state index contributed by atoms with van der Waals surface area (Å²) in [6.07, 6.45) is 3.78. The average molecular weight is 266 g/mol. The van der Waals surface area contributed by atoms with Gasteiger partial charge in [-0.15, -0.1) is 0 Å². The minimum Gasteiger partial charge on any atom is -0.314 e. The fourth-order valence-corrected chi connectivity index (χ4v) is 3.28. The van der Waals surface area contributed by atoms with E-state index in [0.717, 1.165) is 11.6 Å². The van der Waals surface area contributed by atoms with E-state index in [0.29, 0.717) is 17.9 Å². The first kappa shape index (κ1) is 13.9. The van der Waals surface area contributed by atoms with Crippen molar-refractivity contribution in [3.63, 3.8) is 0 Å². The summed E-state index contributed by atoms with van der Waals surface area (Å²) in [5.74, 6) is 1.37. The molecule has 2 rings (SSSR count). The van der Waals surface area contributed by atoms with E-state index in [1.165, 1.54) is 30.4 Å². The smallest absolute Gasteiger partial charge is 0.0438 e. The molecule has 100 valence electrons. The molecule has 1 aromatic rings. The molecular weight excluding hydrogens is 242 g/mol. The van der Waals surface area contributed by atoms with Crippen LogP contribution in [0.3, 0.4) is 0 Å². The van der Waals surface area contributed by atoms with Crippen LogP contribution in [0.15, 0.2) is 18.2 Å². The molecule has 1 nitrogen and oxygen atoms in total. The van der Waals surface area contributed by atoms with Gasteiger partial charge in [0.25, 0.3) is 0 Å². The van der Waals surface area contributed by atoms with Crippen LogP contribution in [0.4, 0.5) is 0 Å². The molecule has 0 bridgehead atoms. The lowest BCUT2D eigenvalue weighted by Crippen LogP contribution is -2.32. The quantitative estimate of drug-likeness (QED) is 0.843. The van der Waals surface area contributed by atoms with Crippen LogP contribution in [0.1, 0.15) is 50.2 Å². The zero-order chi connectivity index (χ0) is 13.1. The maximum Gasteiger partial charge on any atom is 0.0438 e. The van der Waals surface area contributed by atoms with E-state index in [-0.39, 0.29) is 0 Å². The lowest BCUT2D eigenvalue weighted by molar-refractivity contribution is 0.405. The summed E-state index contributed by atoms with van der Waals surface area (Å²) in [7, 11) is 0. The average Bonchev–Trinajstić information content (AvgIpc) is 2.72. The second-order valence-corrected chi connectivity index (χ2v) is 6.02. The largest absolute Gasteiger partial charge is 0.314 e. The Morgan fingerprint density at radius 1 is 1.33 bits per heavy atom. The Morgan fingerprint density at radius 2 is 2.11 bits per heavy atom. The van der Waals surface area contributed by atoms with E-state index in [9.17, 15) is 0 Å². The number of nitrogens with one attached hydrogen (secondary N) is 1. The Balaban J connectivity index is 2.08. The van der Waals surface area contributed by atoms with Crippen LogP contribution < -0.4 is 5.32 Å². The number of halogens is 1. The topological polar surface area (TPSA) is 12.0 Å². The van der Waals surface area contributed by atoms with E-state index in [1.807, 2.05) is 0 Å². The molecule has 3 atom stereocenters. The third-order valence-corrected chi connectivity index (χ3v) is 4.75. The SMILES string of the molecule is CCCNC1CCC(c2ccc(C)c(Cl)c2)C1C. The van der Waals surface area contributed by atoms with Crippen LogP contribution in [0, 0.1) is 12.8 Å². The second kappa shape index (κ2) is 6.08. The molecule has 1 saturated carbocycles. The molecule has 0 aliphatic heterocycles. The summed E-state index contributed by atoms with van der Waals surface area (Å²) in [4.78, 5) is 0. The summed E-state index contributed by atoms with van der Waals surface area (Å²) in [6, 6.07) is 7.25. The van der Waals surface area contributed by atoms with Crippen LogP contribution >= 0.6 is 11.6 Å². The van der Waals surface area contributed by atoms with Gasteiger partial charge in [0, 0.05) is 11.1 Å². The zero-order valence-corrected chi connectivity index (χ0v) is 12.4. The summed E-state index contributed by atoms with van der Waals surface area (Å²) in [6.45, 7) is 7.80. The highest BCUT2D eigenvalue weighted by molar-refractivity contribution is 6.31. The number of hydrogen-bond acceptors (Lipinski definition) is 1. The lowest BCUT2D eigenvalue weighted by Gasteiger charge is -2.22. The van der Waals surface area contributed by atoms with Crippen molar-refractivity contribution < 1.29 is 0 Å². The van der Waals surface area contributed by atoms with E-state index in [1.54, 1.807) is 0 Å². The van der Waals surface area contributed by atoms with E-state index >= 15 is 0 Å². The Kier molecular flexibility index (Phi) is 4.69. The molecule has 0 radical (unpaired) electrons. The van der Waals surface area contributed by atoms with Gasteiger partial charge in [-0.1, -0.05) is 37.6 Å². The minimum absolute atomic E-state index is 0.664. The molecule has 0 spiro atoms. The fraction of sp³-hybridized carbons (Fsp3) is 0.625. The van der Waals surface area contributed by atoms with E-state index in [4.69, 9.17) is 11.6 Å². The maximum atomic E-state index is 6.24. The van der Waals surface area contributed by atoms with Crippen molar-refractivity contribution in [1.29, 1.82) is 0 Å². The fourth-order valence-electron chi connectivity index (χ4n) is 3.09. The van der Waals surface area contributed by atoms with Gasteiger partial charge in [-0.3, -0.25) is 0 Å². The van der Waals surface area contributed by atoms with Gasteiger partial charge in [0.2, 0.25) is 0 Å². The Morgan fingerprint density at radius 3 is 2.78 bits per heavy atom. The standard InChI is InChI=1S/C16H24ClN/c1-4-9-18-16-8-7-14(12(16)3)13-6-5-11(2)15(17)10-13/h5-6,10,12,14,16,18H,4,7-9H2,1-3H3. The van der Waals surface area contributed by atoms with Crippen LogP contribution in [-0.2, 0) is 0 Å². The highest BCUT2D eigenvalue weighted by atomic mass is 35.5. The number of rotatable bonds is 4. The van der Waals surface area contributed by atoms with Gasteiger partial charge in [0.05, 0.1) is 0 Å². The third-order valence-electron chi connectivity index (χ3n) is 4.34. The molecule has 1 N–H and O–H groups in total. The van der Waals surface area contributed by atoms with Crippen LogP contribution in [0.5, 0.6) is 0 Å². The molecule has 1 aromatic carbocycles. The molecule has 2 heteroatoms. The van der Waals surface area contributed by atoms with Gasteiger partial charge in [-0.2, -0.15) is 0 Å². The van der Waals surface area contributed by atoms with Crippen LogP contribution in [0.2, 0.25) is 5.02 Å². The van der Waals surface area contributed by atoms with Crippen LogP contribution in [-0.4, -0.2) is 12.6 Å². The predicted molar refractivity (Wildman–Crippen MR) is 79.4 cm³/mol. The second-order valence-electron chi connectivity index (χ2n) is 5.61. The van der Waals surface area contributed by atoms with Crippen molar-refractivity contribution in [2.45, 2.75) is 52.0 Å². The zero-order valence-electron chi connectivity index (χ0n) is 11.7. The molecule has 0 aromatic heterocycles. The van der Waals surface area contributed by atoms with Crippen molar-refractivity contribution in [1.82, 2.24) is 5.32 Å². The third kappa shape index (κ3) is 2.89. The number of benzene rings is 1. The highest BCUT2D eigenvalue weighted by Crippen LogP contribution is 2.40. The molecule has 1 aliphatic rings. The van der Waals surface area contributed by atoms with Crippen LogP contribution in [0.25, 0.3) is 0 Å². The van der Waals surface area contributed by atoms with Gasteiger partial charge >= 0.3 is 0 Å². The molecule has 1 fully saturated rings. The summed E-state index contributed by atoms with van der Waals surface area (Å²) in [5.41, 5.74) is 2.59. The highest BCUT2D eigenvalue weighted by Gasteiger charge is 2.33. The van der Waals surface area contributed by atoms with Gasteiger partial charge in [0.1, 0.15) is 0 Å². The first-order valence-corrected chi connectivity index (χ1v) is 7.50. The monoisotopic (exact) mass is 265 g/mol.